The first-order valence-electron chi connectivity index (χ1n) is 5.11. The standard InChI is InChI=1S/C11H16O3S2/c1-4-15-11-9(8(2)3)6-5-7-10(11)16(12,13)14/h5-8H,4H2,1-3H3,(H,12,13,14). The van der Waals surface area contributed by atoms with Gasteiger partial charge in [-0.05, 0) is 23.3 Å². The Bertz CT molecular complexity index is 464. The highest BCUT2D eigenvalue weighted by Gasteiger charge is 2.19. The van der Waals surface area contributed by atoms with Crippen molar-refractivity contribution in [2.45, 2.75) is 36.5 Å². The molecule has 0 saturated heterocycles. The van der Waals surface area contributed by atoms with Crippen LogP contribution in [-0.4, -0.2) is 18.7 Å². The lowest BCUT2D eigenvalue weighted by molar-refractivity contribution is 0.480. The van der Waals surface area contributed by atoms with Crippen molar-refractivity contribution in [3.63, 3.8) is 0 Å². The monoisotopic (exact) mass is 260 g/mol. The lowest BCUT2D eigenvalue weighted by Crippen LogP contribution is -2.03. The second kappa shape index (κ2) is 5.21. The van der Waals surface area contributed by atoms with Gasteiger partial charge in [0.2, 0.25) is 0 Å². The smallest absolute Gasteiger partial charge is 0.282 e. The van der Waals surface area contributed by atoms with Gasteiger partial charge in [0.15, 0.2) is 0 Å². The van der Waals surface area contributed by atoms with E-state index in [0.29, 0.717) is 4.90 Å². The first kappa shape index (κ1) is 13.5. The van der Waals surface area contributed by atoms with Gasteiger partial charge in [-0.25, -0.2) is 0 Å². The molecular formula is C11H16O3S2. The van der Waals surface area contributed by atoms with Crippen LogP contribution in [0.5, 0.6) is 0 Å². The van der Waals surface area contributed by atoms with E-state index in [1.54, 1.807) is 6.07 Å². The zero-order valence-corrected chi connectivity index (χ0v) is 11.2. The Morgan fingerprint density at radius 1 is 1.38 bits per heavy atom. The molecule has 0 radical (unpaired) electrons. The van der Waals surface area contributed by atoms with E-state index >= 15 is 0 Å². The van der Waals surface area contributed by atoms with E-state index in [9.17, 15) is 8.42 Å². The van der Waals surface area contributed by atoms with E-state index in [0.717, 1.165) is 11.3 Å². The summed E-state index contributed by atoms with van der Waals surface area (Å²) < 4.78 is 31.7. The van der Waals surface area contributed by atoms with Gasteiger partial charge in [-0.15, -0.1) is 11.8 Å². The highest BCUT2D eigenvalue weighted by molar-refractivity contribution is 8.00. The molecule has 0 aliphatic rings. The normalized spacial score (nSPS) is 12.1. The Morgan fingerprint density at radius 3 is 2.44 bits per heavy atom. The molecule has 1 aromatic carbocycles. The average molecular weight is 260 g/mol. The van der Waals surface area contributed by atoms with Crippen molar-refractivity contribution >= 4 is 21.9 Å². The molecular weight excluding hydrogens is 244 g/mol. The van der Waals surface area contributed by atoms with Gasteiger partial charge in [0.1, 0.15) is 4.90 Å². The average Bonchev–Trinajstić information content (AvgIpc) is 2.16. The number of hydrogen-bond donors (Lipinski definition) is 1. The van der Waals surface area contributed by atoms with E-state index in [1.165, 1.54) is 17.8 Å². The van der Waals surface area contributed by atoms with Crippen molar-refractivity contribution in [3.8, 4) is 0 Å². The zero-order chi connectivity index (χ0) is 12.3. The largest absolute Gasteiger partial charge is 0.295 e. The molecule has 0 aliphatic heterocycles. The van der Waals surface area contributed by atoms with Gasteiger partial charge in [-0.3, -0.25) is 4.55 Å². The van der Waals surface area contributed by atoms with Gasteiger partial charge in [0.05, 0.1) is 0 Å². The second-order valence-electron chi connectivity index (χ2n) is 3.74. The number of rotatable bonds is 4. The van der Waals surface area contributed by atoms with Crippen molar-refractivity contribution in [3.05, 3.63) is 23.8 Å². The molecule has 0 spiro atoms. The molecule has 0 atom stereocenters. The van der Waals surface area contributed by atoms with Crippen molar-refractivity contribution in [2.75, 3.05) is 5.75 Å². The molecule has 1 N–H and O–H groups in total. The van der Waals surface area contributed by atoms with Crippen LogP contribution in [0, 0.1) is 0 Å². The fourth-order valence-electron chi connectivity index (χ4n) is 1.49. The highest BCUT2D eigenvalue weighted by Crippen LogP contribution is 2.33. The van der Waals surface area contributed by atoms with Crippen LogP contribution in [-0.2, 0) is 10.1 Å². The molecule has 0 bridgehead atoms. The van der Waals surface area contributed by atoms with Crippen LogP contribution in [0.4, 0.5) is 0 Å². The highest BCUT2D eigenvalue weighted by atomic mass is 32.2. The van der Waals surface area contributed by atoms with E-state index in [1.807, 2.05) is 26.8 Å². The molecule has 0 aliphatic carbocycles. The molecule has 16 heavy (non-hydrogen) atoms. The first-order valence-corrected chi connectivity index (χ1v) is 7.53. The minimum absolute atomic E-state index is 0.0190. The van der Waals surface area contributed by atoms with Crippen LogP contribution in [0.2, 0.25) is 0 Å². The molecule has 90 valence electrons. The maximum absolute atomic E-state index is 11.2. The molecule has 0 unspecified atom stereocenters. The SMILES string of the molecule is CCSc1c(C(C)C)cccc1S(=O)(=O)O. The van der Waals surface area contributed by atoms with Crippen LogP contribution in [0.15, 0.2) is 28.0 Å². The number of thioether (sulfide) groups is 1. The Morgan fingerprint density at radius 2 is 2.00 bits per heavy atom. The first-order chi connectivity index (χ1) is 7.38. The van der Waals surface area contributed by atoms with Gasteiger partial charge in [-0.2, -0.15) is 8.42 Å². The van der Waals surface area contributed by atoms with Crippen molar-refractivity contribution in [1.82, 2.24) is 0 Å². The van der Waals surface area contributed by atoms with Crippen molar-refractivity contribution < 1.29 is 13.0 Å². The predicted molar refractivity (Wildman–Crippen MR) is 66.7 cm³/mol. The van der Waals surface area contributed by atoms with Crippen molar-refractivity contribution in [1.29, 1.82) is 0 Å². The van der Waals surface area contributed by atoms with Gasteiger partial charge in [0, 0.05) is 4.90 Å². The molecule has 0 saturated carbocycles. The Balaban J connectivity index is 3.45. The minimum Gasteiger partial charge on any atom is -0.282 e. The molecule has 1 aromatic rings. The summed E-state index contributed by atoms with van der Waals surface area (Å²) in [5.74, 6) is 1.00. The lowest BCUT2D eigenvalue weighted by atomic mass is 10.0. The zero-order valence-electron chi connectivity index (χ0n) is 9.60. The summed E-state index contributed by atoms with van der Waals surface area (Å²) >= 11 is 1.44. The quantitative estimate of drug-likeness (QED) is 0.667. The maximum atomic E-state index is 11.2. The maximum Gasteiger partial charge on any atom is 0.295 e. The third kappa shape index (κ3) is 2.99. The third-order valence-electron chi connectivity index (χ3n) is 2.20. The molecule has 0 heterocycles. The van der Waals surface area contributed by atoms with Crippen LogP contribution in [0.1, 0.15) is 32.3 Å². The molecule has 0 aromatic heterocycles. The topological polar surface area (TPSA) is 54.4 Å². The summed E-state index contributed by atoms with van der Waals surface area (Å²) in [7, 11) is -4.13. The Kier molecular flexibility index (Phi) is 4.41. The van der Waals surface area contributed by atoms with Crippen LogP contribution >= 0.6 is 11.8 Å². The van der Waals surface area contributed by atoms with E-state index < -0.39 is 10.1 Å². The molecule has 5 heteroatoms. The van der Waals surface area contributed by atoms with Gasteiger partial charge in [-0.1, -0.05) is 32.9 Å². The fraction of sp³-hybridized carbons (Fsp3) is 0.455. The molecule has 3 nitrogen and oxygen atoms in total. The summed E-state index contributed by atoms with van der Waals surface area (Å²) in [6.45, 7) is 5.96. The second-order valence-corrected chi connectivity index (χ2v) is 6.40. The van der Waals surface area contributed by atoms with Gasteiger partial charge >= 0.3 is 0 Å². The molecule has 0 amide bonds. The van der Waals surface area contributed by atoms with Crippen LogP contribution in [0.25, 0.3) is 0 Å². The number of hydrogen-bond acceptors (Lipinski definition) is 3. The van der Waals surface area contributed by atoms with Crippen LogP contribution in [0.3, 0.4) is 0 Å². The van der Waals surface area contributed by atoms with E-state index in [-0.39, 0.29) is 10.8 Å². The van der Waals surface area contributed by atoms with E-state index in [4.69, 9.17) is 4.55 Å². The molecule has 1 rings (SSSR count). The predicted octanol–water partition coefficient (Wildman–Crippen LogP) is 3.17. The fourth-order valence-corrected chi connectivity index (χ4v) is 3.55. The Labute approximate surface area is 101 Å². The Hall–Kier alpha value is -0.520. The van der Waals surface area contributed by atoms with Gasteiger partial charge in [0.25, 0.3) is 10.1 Å². The van der Waals surface area contributed by atoms with Gasteiger partial charge < -0.3 is 0 Å². The lowest BCUT2D eigenvalue weighted by Gasteiger charge is -2.14. The summed E-state index contributed by atoms with van der Waals surface area (Å²) in [6, 6.07) is 5.01. The molecule has 0 fully saturated rings. The summed E-state index contributed by atoms with van der Waals surface area (Å²) in [5, 5.41) is 0. The summed E-state index contributed by atoms with van der Waals surface area (Å²) in [5.41, 5.74) is 0.960. The van der Waals surface area contributed by atoms with E-state index in [2.05, 4.69) is 0 Å². The van der Waals surface area contributed by atoms with Crippen LogP contribution < -0.4 is 0 Å². The summed E-state index contributed by atoms with van der Waals surface area (Å²) in [6.07, 6.45) is 0. The summed E-state index contributed by atoms with van der Waals surface area (Å²) in [4.78, 5) is 0.688. The minimum atomic E-state index is -4.13. The third-order valence-corrected chi connectivity index (χ3v) is 4.26. The van der Waals surface area contributed by atoms with Crippen molar-refractivity contribution in [2.24, 2.45) is 0 Å². The number of benzene rings is 1.